The molecule has 156 valence electrons. The van der Waals surface area contributed by atoms with Crippen LogP contribution in [0.4, 0.5) is 10.7 Å². The molecule has 0 saturated heterocycles. The fourth-order valence-electron chi connectivity index (χ4n) is 3.74. The van der Waals surface area contributed by atoms with Crippen LogP contribution in [0.25, 0.3) is 0 Å². The third-order valence-corrected chi connectivity index (χ3v) is 6.70. The molecule has 4 rings (SSSR count). The summed E-state index contributed by atoms with van der Waals surface area (Å²) in [6, 6.07) is 11.0. The van der Waals surface area contributed by atoms with Crippen molar-refractivity contribution < 1.29 is 9.53 Å². The predicted octanol–water partition coefficient (Wildman–Crippen LogP) is 5.94. The Kier molecular flexibility index (Phi) is 6.55. The number of amides is 1. The molecular weight excluding hydrogens is 418 g/mol. The Hall–Kier alpha value is -2.57. The smallest absolute Gasteiger partial charge is 0.259 e. The van der Waals surface area contributed by atoms with E-state index >= 15 is 0 Å². The van der Waals surface area contributed by atoms with Crippen LogP contribution < -0.4 is 15.4 Å². The number of hydrogen-bond donors (Lipinski definition) is 2. The molecule has 2 heterocycles. The summed E-state index contributed by atoms with van der Waals surface area (Å²) in [6.07, 6.45) is 7.18. The largest absolute Gasteiger partial charge is 0.495 e. The van der Waals surface area contributed by atoms with Gasteiger partial charge in [0.25, 0.3) is 5.91 Å². The van der Waals surface area contributed by atoms with Crippen molar-refractivity contribution in [3.05, 3.63) is 69.3 Å². The van der Waals surface area contributed by atoms with Crippen molar-refractivity contribution in [2.24, 2.45) is 0 Å². The van der Waals surface area contributed by atoms with Crippen LogP contribution in [-0.2, 0) is 19.4 Å². The number of benzene rings is 1. The normalized spacial score (nSPS) is 13.3. The van der Waals surface area contributed by atoms with E-state index in [1.165, 1.54) is 16.9 Å². The van der Waals surface area contributed by atoms with E-state index in [2.05, 4.69) is 15.6 Å². The number of halogens is 1. The van der Waals surface area contributed by atoms with Crippen molar-refractivity contribution in [2.45, 2.75) is 38.6 Å². The van der Waals surface area contributed by atoms with Crippen LogP contribution in [-0.4, -0.2) is 18.0 Å². The van der Waals surface area contributed by atoms with E-state index in [1.807, 2.05) is 18.2 Å². The maximum Gasteiger partial charge on any atom is 0.259 e. The zero-order chi connectivity index (χ0) is 20.9. The van der Waals surface area contributed by atoms with Gasteiger partial charge in [-0.2, -0.15) is 0 Å². The number of ether oxygens (including phenoxy) is 1. The lowest BCUT2D eigenvalue weighted by molar-refractivity contribution is 0.102. The van der Waals surface area contributed by atoms with E-state index in [-0.39, 0.29) is 5.91 Å². The molecule has 3 aromatic rings. The van der Waals surface area contributed by atoms with Gasteiger partial charge in [0, 0.05) is 16.1 Å². The topological polar surface area (TPSA) is 63.2 Å². The van der Waals surface area contributed by atoms with Crippen LogP contribution in [0, 0.1) is 0 Å². The number of carbonyl (C=O) groups is 1. The number of aryl methyl sites for hydroxylation is 1. The Morgan fingerprint density at radius 3 is 2.87 bits per heavy atom. The van der Waals surface area contributed by atoms with Crippen molar-refractivity contribution in [2.75, 3.05) is 17.7 Å². The highest BCUT2D eigenvalue weighted by Crippen LogP contribution is 2.39. The van der Waals surface area contributed by atoms with Crippen molar-refractivity contribution in [1.82, 2.24) is 4.98 Å². The minimum atomic E-state index is -0.140. The predicted molar refractivity (Wildman–Crippen MR) is 123 cm³/mol. The molecule has 0 bridgehead atoms. The number of anilines is 2. The quantitative estimate of drug-likeness (QED) is 0.465. The van der Waals surface area contributed by atoms with E-state index in [1.54, 1.807) is 42.8 Å². The maximum absolute atomic E-state index is 13.4. The molecule has 1 amide bonds. The SMILES string of the molecule is COc1ccc(Cl)cc1NC(=O)c1c(NCc2ccccn2)sc2c1CCCCC2. The fourth-order valence-corrected chi connectivity index (χ4v) is 5.20. The average molecular weight is 442 g/mol. The first-order valence-corrected chi connectivity index (χ1v) is 11.3. The molecule has 0 saturated carbocycles. The van der Waals surface area contributed by atoms with Gasteiger partial charge >= 0.3 is 0 Å². The van der Waals surface area contributed by atoms with E-state index in [4.69, 9.17) is 16.3 Å². The van der Waals surface area contributed by atoms with Crippen molar-refractivity contribution >= 4 is 39.5 Å². The van der Waals surface area contributed by atoms with Gasteiger partial charge in [-0.15, -0.1) is 11.3 Å². The molecular formula is C23H24ClN3O2S. The number of fused-ring (bicyclic) bond motifs is 1. The first-order valence-electron chi connectivity index (χ1n) is 10.1. The Morgan fingerprint density at radius 2 is 2.07 bits per heavy atom. The Labute approximate surface area is 185 Å². The molecule has 1 aliphatic carbocycles. The summed E-state index contributed by atoms with van der Waals surface area (Å²) in [4.78, 5) is 19.1. The number of aromatic nitrogens is 1. The molecule has 0 unspecified atom stereocenters. The summed E-state index contributed by atoms with van der Waals surface area (Å²) >= 11 is 7.83. The monoisotopic (exact) mass is 441 g/mol. The number of nitrogens with zero attached hydrogens (tertiary/aromatic N) is 1. The molecule has 0 radical (unpaired) electrons. The Bertz CT molecular complexity index is 1040. The molecule has 1 aromatic carbocycles. The van der Waals surface area contributed by atoms with Crippen LogP contribution in [0.2, 0.25) is 5.02 Å². The van der Waals surface area contributed by atoms with Gasteiger partial charge in [0.15, 0.2) is 0 Å². The fraction of sp³-hybridized carbons (Fsp3) is 0.304. The summed E-state index contributed by atoms with van der Waals surface area (Å²) in [5, 5.41) is 7.91. The second-order valence-corrected chi connectivity index (χ2v) is 8.78. The number of carbonyl (C=O) groups excluding carboxylic acids is 1. The van der Waals surface area contributed by atoms with Crippen molar-refractivity contribution in [3.63, 3.8) is 0 Å². The van der Waals surface area contributed by atoms with Gasteiger partial charge in [0.05, 0.1) is 30.6 Å². The molecule has 2 aromatic heterocycles. The summed E-state index contributed by atoms with van der Waals surface area (Å²) < 4.78 is 5.39. The second kappa shape index (κ2) is 9.49. The van der Waals surface area contributed by atoms with Gasteiger partial charge in [-0.3, -0.25) is 9.78 Å². The molecule has 30 heavy (non-hydrogen) atoms. The number of methoxy groups -OCH3 is 1. The lowest BCUT2D eigenvalue weighted by Crippen LogP contribution is -2.16. The third kappa shape index (κ3) is 4.60. The lowest BCUT2D eigenvalue weighted by Gasteiger charge is -2.13. The molecule has 7 heteroatoms. The molecule has 0 atom stereocenters. The molecule has 0 spiro atoms. The maximum atomic E-state index is 13.4. The van der Waals surface area contributed by atoms with Crippen LogP contribution in [0.1, 0.15) is 45.8 Å². The third-order valence-electron chi connectivity index (χ3n) is 5.21. The van der Waals surface area contributed by atoms with E-state index < -0.39 is 0 Å². The first-order chi connectivity index (χ1) is 14.7. The van der Waals surface area contributed by atoms with Gasteiger partial charge in [0.1, 0.15) is 10.8 Å². The van der Waals surface area contributed by atoms with Crippen LogP contribution in [0.3, 0.4) is 0 Å². The van der Waals surface area contributed by atoms with Gasteiger partial charge < -0.3 is 15.4 Å². The van der Waals surface area contributed by atoms with Crippen LogP contribution >= 0.6 is 22.9 Å². The number of pyridine rings is 1. The Morgan fingerprint density at radius 1 is 1.20 bits per heavy atom. The minimum absolute atomic E-state index is 0.140. The van der Waals surface area contributed by atoms with E-state index in [9.17, 15) is 4.79 Å². The molecule has 2 N–H and O–H groups in total. The Balaban J connectivity index is 1.65. The summed E-state index contributed by atoms with van der Waals surface area (Å²) in [7, 11) is 1.58. The molecule has 0 fully saturated rings. The zero-order valence-corrected chi connectivity index (χ0v) is 18.4. The summed E-state index contributed by atoms with van der Waals surface area (Å²) in [6.45, 7) is 0.570. The lowest BCUT2D eigenvalue weighted by atomic mass is 10.0. The van der Waals surface area contributed by atoms with Crippen LogP contribution in [0.15, 0.2) is 42.6 Å². The highest BCUT2D eigenvalue weighted by molar-refractivity contribution is 7.16. The van der Waals surface area contributed by atoms with Gasteiger partial charge in [0.2, 0.25) is 0 Å². The zero-order valence-electron chi connectivity index (χ0n) is 16.8. The number of hydrogen-bond acceptors (Lipinski definition) is 5. The average Bonchev–Trinajstić information content (AvgIpc) is 2.94. The molecule has 5 nitrogen and oxygen atoms in total. The molecule has 0 aliphatic heterocycles. The first kappa shape index (κ1) is 20.7. The summed E-state index contributed by atoms with van der Waals surface area (Å²) in [5.41, 5.74) is 3.40. The summed E-state index contributed by atoms with van der Waals surface area (Å²) in [5.74, 6) is 0.440. The minimum Gasteiger partial charge on any atom is -0.495 e. The standard InChI is InChI=1S/C23H24ClN3O2S/c1-29-19-11-10-15(24)13-18(19)27-22(28)21-17-8-3-2-4-9-20(17)30-23(21)26-14-16-7-5-6-12-25-16/h5-7,10-13,26H,2-4,8-9,14H2,1H3,(H,27,28). The van der Waals surface area contributed by atoms with E-state index in [0.717, 1.165) is 41.9 Å². The second-order valence-electron chi connectivity index (χ2n) is 7.24. The van der Waals surface area contributed by atoms with Gasteiger partial charge in [-0.1, -0.05) is 24.1 Å². The van der Waals surface area contributed by atoms with Crippen molar-refractivity contribution in [3.8, 4) is 5.75 Å². The van der Waals surface area contributed by atoms with E-state index in [0.29, 0.717) is 23.0 Å². The van der Waals surface area contributed by atoms with Crippen molar-refractivity contribution in [1.29, 1.82) is 0 Å². The van der Waals surface area contributed by atoms with Gasteiger partial charge in [-0.25, -0.2) is 0 Å². The number of rotatable bonds is 6. The number of nitrogens with one attached hydrogen (secondary N) is 2. The molecule has 1 aliphatic rings. The van der Waals surface area contributed by atoms with Gasteiger partial charge in [-0.05, 0) is 61.6 Å². The van der Waals surface area contributed by atoms with Crippen LogP contribution in [0.5, 0.6) is 5.75 Å². The number of thiophene rings is 1. The highest BCUT2D eigenvalue weighted by Gasteiger charge is 2.25. The highest BCUT2D eigenvalue weighted by atomic mass is 35.5.